The van der Waals surface area contributed by atoms with E-state index in [9.17, 15) is 8.42 Å². The fourth-order valence-electron chi connectivity index (χ4n) is 2.60. The molecule has 3 heterocycles. The highest BCUT2D eigenvalue weighted by molar-refractivity contribution is 9.10. The van der Waals surface area contributed by atoms with E-state index in [2.05, 4.69) is 30.5 Å². The van der Waals surface area contributed by atoms with E-state index < -0.39 is 10.0 Å². The summed E-state index contributed by atoms with van der Waals surface area (Å²) in [6, 6.07) is 1.85. The molecule has 2 aliphatic heterocycles. The zero-order valence-electron chi connectivity index (χ0n) is 9.76. The Labute approximate surface area is 115 Å². The zero-order chi connectivity index (χ0) is 12.8. The predicted octanol–water partition coefficient (Wildman–Crippen LogP) is 1.49. The van der Waals surface area contributed by atoms with Crippen molar-refractivity contribution < 1.29 is 8.42 Å². The molecule has 0 saturated carbocycles. The van der Waals surface area contributed by atoms with Crippen LogP contribution in [0.15, 0.2) is 21.6 Å². The third-order valence-corrected chi connectivity index (χ3v) is 5.36. The minimum atomic E-state index is -3.44. The first-order valence-electron chi connectivity index (χ1n) is 6.00. The molecule has 1 aromatic rings. The second-order valence-electron chi connectivity index (χ2n) is 4.67. The van der Waals surface area contributed by atoms with E-state index in [4.69, 9.17) is 0 Å². The van der Waals surface area contributed by atoms with Crippen molar-refractivity contribution in [2.24, 2.45) is 0 Å². The summed E-state index contributed by atoms with van der Waals surface area (Å²) in [5.41, 5.74) is 0. The Bertz CT molecular complexity index is 576. The molecule has 1 saturated heterocycles. The van der Waals surface area contributed by atoms with Crippen molar-refractivity contribution >= 4 is 31.8 Å². The van der Waals surface area contributed by atoms with Crippen LogP contribution in [0.2, 0.25) is 0 Å². The van der Waals surface area contributed by atoms with E-state index in [0.717, 1.165) is 25.8 Å². The van der Waals surface area contributed by atoms with Crippen LogP contribution >= 0.6 is 15.9 Å². The van der Waals surface area contributed by atoms with Gasteiger partial charge in [-0.2, -0.15) is 0 Å². The summed E-state index contributed by atoms with van der Waals surface area (Å²) in [5, 5.41) is 0. The van der Waals surface area contributed by atoms with Crippen LogP contribution in [0.5, 0.6) is 0 Å². The summed E-state index contributed by atoms with van der Waals surface area (Å²) in [6.07, 6.45) is 4.91. The number of piperidine rings is 1. The van der Waals surface area contributed by atoms with Gasteiger partial charge < -0.3 is 4.90 Å². The lowest BCUT2D eigenvalue weighted by atomic mass is 10.0. The molecule has 0 aromatic carbocycles. The molecule has 18 heavy (non-hydrogen) atoms. The van der Waals surface area contributed by atoms with Gasteiger partial charge in [0.1, 0.15) is 10.7 Å². The standard InChI is InChI=1S/C11H14BrN3O2S/c12-8-5-10-11(13-6-8)15-4-2-1-3-9(15)7-14-18(10,16)17/h5-6,9,14H,1-4,7H2. The highest BCUT2D eigenvalue weighted by Crippen LogP contribution is 2.32. The van der Waals surface area contributed by atoms with Gasteiger partial charge in [-0.1, -0.05) is 0 Å². The lowest BCUT2D eigenvalue weighted by Gasteiger charge is -2.35. The first-order valence-corrected chi connectivity index (χ1v) is 8.27. The Balaban J connectivity index is 2.17. The fraction of sp³-hybridized carbons (Fsp3) is 0.545. The summed E-state index contributed by atoms with van der Waals surface area (Å²) in [6.45, 7) is 1.35. The predicted molar refractivity (Wildman–Crippen MR) is 72.1 cm³/mol. The van der Waals surface area contributed by atoms with E-state index in [1.807, 2.05) is 0 Å². The average Bonchev–Trinajstić information content (AvgIpc) is 2.46. The minimum absolute atomic E-state index is 0.225. The number of rotatable bonds is 0. The molecule has 98 valence electrons. The number of anilines is 1. The van der Waals surface area contributed by atoms with Crippen molar-refractivity contribution in [2.45, 2.75) is 30.2 Å². The molecule has 0 amide bonds. The van der Waals surface area contributed by atoms with Crippen LogP contribution in [0.25, 0.3) is 0 Å². The van der Waals surface area contributed by atoms with Gasteiger partial charge in [-0.25, -0.2) is 18.1 Å². The Kier molecular flexibility index (Phi) is 3.07. The number of nitrogens with zero attached hydrogens (tertiary/aromatic N) is 2. The van der Waals surface area contributed by atoms with E-state index in [-0.39, 0.29) is 10.9 Å². The van der Waals surface area contributed by atoms with E-state index >= 15 is 0 Å². The molecule has 0 spiro atoms. The lowest BCUT2D eigenvalue weighted by molar-refractivity contribution is 0.454. The van der Waals surface area contributed by atoms with Crippen molar-refractivity contribution in [3.05, 3.63) is 16.7 Å². The fourth-order valence-corrected chi connectivity index (χ4v) is 4.34. The quantitative estimate of drug-likeness (QED) is 0.782. The minimum Gasteiger partial charge on any atom is -0.351 e. The van der Waals surface area contributed by atoms with Crippen LogP contribution in [0.1, 0.15) is 19.3 Å². The Hall–Kier alpha value is -0.660. The molecule has 7 heteroatoms. The summed E-state index contributed by atoms with van der Waals surface area (Å²) < 4.78 is 27.7. The summed E-state index contributed by atoms with van der Waals surface area (Å²) in [7, 11) is -3.44. The maximum atomic E-state index is 12.2. The topological polar surface area (TPSA) is 62.3 Å². The molecule has 1 N–H and O–H groups in total. The third kappa shape index (κ3) is 2.04. The van der Waals surface area contributed by atoms with Gasteiger partial charge in [0, 0.05) is 29.8 Å². The molecule has 2 aliphatic rings. The number of sulfonamides is 1. The summed E-state index contributed by atoms with van der Waals surface area (Å²) in [5.74, 6) is 0.591. The monoisotopic (exact) mass is 331 g/mol. The molecule has 0 radical (unpaired) electrons. The SMILES string of the molecule is O=S1(=O)NCC2CCCCN2c2ncc(Br)cc21. The van der Waals surface area contributed by atoms with Crippen LogP contribution in [0.4, 0.5) is 5.82 Å². The number of fused-ring (bicyclic) bond motifs is 3. The van der Waals surface area contributed by atoms with Gasteiger partial charge in [0.15, 0.2) is 0 Å². The van der Waals surface area contributed by atoms with Crippen LogP contribution < -0.4 is 9.62 Å². The number of hydrogen-bond acceptors (Lipinski definition) is 4. The van der Waals surface area contributed by atoms with Crippen LogP contribution in [0, 0.1) is 0 Å². The molecular formula is C11H14BrN3O2S. The number of pyridine rings is 1. The van der Waals surface area contributed by atoms with E-state index in [0.29, 0.717) is 16.8 Å². The zero-order valence-corrected chi connectivity index (χ0v) is 12.2. The molecule has 0 aliphatic carbocycles. The highest BCUT2D eigenvalue weighted by atomic mass is 79.9. The number of aromatic nitrogens is 1. The Morgan fingerprint density at radius 3 is 3.11 bits per heavy atom. The second kappa shape index (κ2) is 4.47. The first kappa shape index (κ1) is 12.4. The van der Waals surface area contributed by atoms with Gasteiger partial charge in [0.25, 0.3) is 0 Å². The second-order valence-corrected chi connectivity index (χ2v) is 7.32. The number of nitrogens with one attached hydrogen (secondary N) is 1. The third-order valence-electron chi connectivity index (χ3n) is 3.50. The van der Waals surface area contributed by atoms with Gasteiger partial charge in [-0.3, -0.25) is 0 Å². The van der Waals surface area contributed by atoms with Crippen molar-refractivity contribution in [1.82, 2.24) is 9.71 Å². The summed E-state index contributed by atoms with van der Waals surface area (Å²) in [4.78, 5) is 6.73. The summed E-state index contributed by atoms with van der Waals surface area (Å²) >= 11 is 3.28. The van der Waals surface area contributed by atoms with E-state index in [1.165, 1.54) is 0 Å². The maximum absolute atomic E-state index is 12.2. The average molecular weight is 332 g/mol. The van der Waals surface area contributed by atoms with Crippen molar-refractivity contribution in [3.8, 4) is 0 Å². The Morgan fingerprint density at radius 2 is 2.28 bits per heavy atom. The van der Waals surface area contributed by atoms with Crippen molar-refractivity contribution in [2.75, 3.05) is 18.0 Å². The smallest absolute Gasteiger partial charge is 0.244 e. The lowest BCUT2D eigenvalue weighted by Crippen LogP contribution is -2.44. The largest absolute Gasteiger partial charge is 0.351 e. The Morgan fingerprint density at radius 1 is 1.44 bits per heavy atom. The van der Waals surface area contributed by atoms with Crippen LogP contribution in [-0.4, -0.2) is 32.5 Å². The molecule has 3 rings (SSSR count). The van der Waals surface area contributed by atoms with Crippen LogP contribution in [-0.2, 0) is 10.0 Å². The molecule has 1 unspecified atom stereocenters. The molecule has 1 aromatic heterocycles. The molecular weight excluding hydrogens is 318 g/mol. The van der Waals surface area contributed by atoms with Gasteiger partial charge >= 0.3 is 0 Å². The van der Waals surface area contributed by atoms with Gasteiger partial charge in [0.05, 0.1) is 0 Å². The van der Waals surface area contributed by atoms with Gasteiger partial charge in [-0.15, -0.1) is 0 Å². The van der Waals surface area contributed by atoms with Gasteiger partial charge in [0.2, 0.25) is 10.0 Å². The molecule has 1 atom stereocenters. The number of hydrogen-bond donors (Lipinski definition) is 1. The molecule has 5 nitrogen and oxygen atoms in total. The van der Waals surface area contributed by atoms with Crippen molar-refractivity contribution in [1.29, 1.82) is 0 Å². The van der Waals surface area contributed by atoms with Crippen LogP contribution in [0.3, 0.4) is 0 Å². The highest BCUT2D eigenvalue weighted by Gasteiger charge is 2.33. The first-order chi connectivity index (χ1) is 8.58. The maximum Gasteiger partial charge on any atom is 0.244 e. The molecule has 1 fully saturated rings. The van der Waals surface area contributed by atoms with Crippen molar-refractivity contribution in [3.63, 3.8) is 0 Å². The molecule has 0 bridgehead atoms. The van der Waals surface area contributed by atoms with Gasteiger partial charge in [-0.05, 0) is 41.3 Å². The van der Waals surface area contributed by atoms with E-state index in [1.54, 1.807) is 12.3 Å². The number of halogens is 1. The normalized spacial score (nSPS) is 26.1.